The number of halogens is 2. The molecule has 3 N–H and O–H groups in total. The van der Waals surface area contributed by atoms with Crippen molar-refractivity contribution in [3.05, 3.63) is 66.1 Å². The van der Waals surface area contributed by atoms with Gasteiger partial charge in [-0.3, -0.25) is 19.1 Å². The second kappa shape index (κ2) is 14.5. The number of anilines is 1. The molecule has 0 spiro atoms. The van der Waals surface area contributed by atoms with Gasteiger partial charge in [0.05, 0.1) is 28.7 Å². The van der Waals surface area contributed by atoms with Crippen molar-refractivity contribution < 1.29 is 40.7 Å². The maximum atomic E-state index is 14.7. The molecule has 2 saturated carbocycles. The van der Waals surface area contributed by atoms with E-state index in [1.54, 1.807) is 26.8 Å². The van der Waals surface area contributed by atoms with Gasteiger partial charge in [0.15, 0.2) is 0 Å². The fourth-order valence-electron chi connectivity index (χ4n) is 7.39. The van der Waals surface area contributed by atoms with Gasteiger partial charge in [-0.1, -0.05) is 68.4 Å². The lowest BCUT2D eigenvalue weighted by Gasteiger charge is -2.35. The Morgan fingerprint density at radius 3 is 2.51 bits per heavy atom. The molecule has 4 aromatic rings. The number of para-hydroxylation sites is 2. The van der Waals surface area contributed by atoms with E-state index >= 15 is 0 Å². The smallest absolute Gasteiger partial charge is 0.316 e. The van der Waals surface area contributed by atoms with Crippen molar-refractivity contribution in [3.63, 3.8) is 0 Å². The fourth-order valence-corrected chi connectivity index (χ4v) is 8.76. The monoisotopic (exact) mass is 804 g/mol. The van der Waals surface area contributed by atoms with Gasteiger partial charge in [0.2, 0.25) is 40.0 Å². The van der Waals surface area contributed by atoms with Crippen LogP contribution >= 0.6 is 0 Å². The standard InChI is InChI=1S/C39H42F2N8O7S/c1-38(2,3)31-35(51)49-20-23(18-28(49)33(50)45-39(19-25(39)32(40)41)36(52)48-57(53,54)24-15-16-24)55-34-30(42-26-12-5-6-13-27(26)43-34)22-11-8-10-21(17-22)9-4-7-14-29-46-47-37(44-31)56-29/h4-6,8-13,17,23-25,28,31-32H,7,14-16,18-20H2,1-3H3,(H,44,47)(H,45,50)(H,48,52)/t23?,25-,28-,31+,39+/m0/s1. The maximum absolute atomic E-state index is 14.7. The molecule has 4 heterocycles. The summed E-state index contributed by atoms with van der Waals surface area (Å²) in [5.41, 5.74) is 0.151. The number of benzene rings is 2. The van der Waals surface area contributed by atoms with Crippen LogP contribution < -0.4 is 20.1 Å². The van der Waals surface area contributed by atoms with Gasteiger partial charge in [-0.2, -0.15) is 0 Å². The third-order valence-corrected chi connectivity index (χ3v) is 12.6. The number of allylic oxidation sites excluding steroid dienone is 1. The predicted molar refractivity (Wildman–Crippen MR) is 203 cm³/mol. The van der Waals surface area contributed by atoms with Crippen LogP contribution in [-0.4, -0.2) is 93.2 Å². The number of nitrogens with one attached hydrogen (secondary N) is 3. The van der Waals surface area contributed by atoms with Gasteiger partial charge in [0.1, 0.15) is 29.4 Å². The molecule has 2 aromatic heterocycles. The molecule has 6 bridgehead atoms. The van der Waals surface area contributed by atoms with E-state index in [2.05, 4.69) is 20.8 Å². The molecule has 2 aliphatic heterocycles. The zero-order valence-corrected chi connectivity index (χ0v) is 32.3. The normalized spacial score (nSPS) is 25.1. The molecule has 5 atom stereocenters. The Morgan fingerprint density at radius 2 is 1.81 bits per heavy atom. The van der Waals surface area contributed by atoms with E-state index in [0.29, 0.717) is 53.9 Å². The number of hydrogen-bond acceptors (Lipinski definition) is 12. The van der Waals surface area contributed by atoms with E-state index in [1.165, 1.54) is 4.90 Å². The minimum atomic E-state index is -4.13. The molecule has 1 unspecified atom stereocenters. The van der Waals surface area contributed by atoms with Crippen LogP contribution in [0.5, 0.6) is 5.88 Å². The van der Waals surface area contributed by atoms with Crippen LogP contribution in [0.15, 0.2) is 59.0 Å². The minimum Gasteiger partial charge on any atom is -0.471 e. The highest BCUT2D eigenvalue weighted by molar-refractivity contribution is 7.91. The Balaban J connectivity index is 1.18. The van der Waals surface area contributed by atoms with Crippen LogP contribution in [-0.2, 0) is 30.8 Å². The second-order valence-corrected chi connectivity index (χ2v) is 18.1. The highest BCUT2D eigenvalue weighted by Crippen LogP contribution is 2.48. The van der Waals surface area contributed by atoms with Gasteiger partial charge in [0, 0.05) is 18.4 Å². The Hall–Kier alpha value is -5.52. The molecule has 8 rings (SSSR count). The van der Waals surface area contributed by atoms with Crippen molar-refractivity contribution in [2.45, 2.75) is 94.7 Å². The highest BCUT2D eigenvalue weighted by Gasteiger charge is 2.67. The molecule has 3 fully saturated rings. The molecule has 3 amide bonds. The third kappa shape index (κ3) is 7.78. The minimum absolute atomic E-state index is 0.0118. The first-order valence-electron chi connectivity index (χ1n) is 18.9. The van der Waals surface area contributed by atoms with Gasteiger partial charge < -0.3 is 24.7 Å². The van der Waals surface area contributed by atoms with E-state index in [0.717, 1.165) is 5.56 Å². The maximum Gasteiger partial charge on any atom is 0.316 e. The number of aryl methyl sites for hydroxylation is 1. The number of nitrogens with zero attached hydrogens (tertiary/aromatic N) is 5. The van der Waals surface area contributed by atoms with Crippen LogP contribution in [0.2, 0.25) is 0 Å². The van der Waals surface area contributed by atoms with Crippen molar-refractivity contribution >= 4 is 50.9 Å². The molecule has 4 aliphatic rings. The molecular formula is C39H42F2N8O7S. The number of ether oxygens (including phenoxy) is 1. The van der Waals surface area contributed by atoms with Gasteiger partial charge in [-0.15, -0.1) is 5.10 Å². The molecule has 15 nitrogen and oxygen atoms in total. The van der Waals surface area contributed by atoms with Crippen LogP contribution in [0.3, 0.4) is 0 Å². The highest BCUT2D eigenvalue weighted by atomic mass is 32.2. The Bertz CT molecular complexity index is 2380. The predicted octanol–water partition coefficient (Wildman–Crippen LogP) is 4.26. The lowest BCUT2D eigenvalue weighted by Crippen LogP contribution is -2.59. The zero-order chi connectivity index (χ0) is 40.3. The third-order valence-electron chi connectivity index (χ3n) is 10.8. The lowest BCUT2D eigenvalue weighted by atomic mass is 9.85. The number of hydrogen-bond donors (Lipinski definition) is 3. The summed E-state index contributed by atoms with van der Waals surface area (Å²) >= 11 is 0. The first-order valence-corrected chi connectivity index (χ1v) is 20.4. The van der Waals surface area contributed by atoms with Crippen molar-refractivity contribution in [2.75, 3.05) is 11.9 Å². The Kier molecular flexibility index (Phi) is 9.72. The van der Waals surface area contributed by atoms with E-state index in [-0.39, 0.29) is 24.9 Å². The summed E-state index contributed by atoms with van der Waals surface area (Å²) in [5.74, 6) is -3.88. The lowest BCUT2D eigenvalue weighted by molar-refractivity contribution is -0.141. The SMILES string of the molecule is CC(C)(C)[C@@H]1Nc2nnc(o2)CCC=Cc2cccc(c2)-c2nc3ccccc3nc2OC2C[C@@H](C(=O)N[C@]3(C(=O)NS(=O)(=O)C4CC4)C[C@H]3C(F)F)N(C2)C1=O. The van der Waals surface area contributed by atoms with Gasteiger partial charge in [-0.05, 0) is 54.9 Å². The fraction of sp³-hybridized carbons (Fsp3) is 0.462. The summed E-state index contributed by atoms with van der Waals surface area (Å²) in [4.78, 5) is 53.6. The van der Waals surface area contributed by atoms with Gasteiger partial charge in [0.25, 0.3) is 5.91 Å². The summed E-state index contributed by atoms with van der Waals surface area (Å²) < 4.78 is 68.2. The van der Waals surface area contributed by atoms with Gasteiger partial charge >= 0.3 is 6.01 Å². The molecule has 300 valence electrons. The number of alkyl halides is 2. The zero-order valence-electron chi connectivity index (χ0n) is 31.4. The summed E-state index contributed by atoms with van der Waals surface area (Å²) in [5, 5.41) is 13.0. The Morgan fingerprint density at radius 1 is 1.05 bits per heavy atom. The van der Waals surface area contributed by atoms with Crippen LogP contribution in [0, 0.1) is 11.3 Å². The number of amides is 3. The molecule has 1 saturated heterocycles. The molecule has 2 aliphatic carbocycles. The van der Waals surface area contributed by atoms with E-state index in [1.807, 2.05) is 59.3 Å². The van der Waals surface area contributed by atoms with Crippen molar-refractivity contribution in [1.82, 2.24) is 35.1 Å². The number of sulfonamides is 1. The van der Waals surface area contributed by atoms with E-state index in [9.17, 15) is 31.6 Å². The summed E-state index contributed by atoms with van der Waals surface area (Å²) in [6.07, 6.45) is 1.07. The summed E-state index contributed by atoms with van der Waals surface area (Å²) in [7, 11) is -4.13. The van der Waals surface area contributed by atoms with Crippen molar-refractivity contribution in [1.29, 1.82) is 0 Å². The largest absolute Gasteiger partial charge is 0.471 e. The van der Waals surface area contributed by atoms with E-state index < -0.39 is 80.9 Å². The van der Waals surface area contributed by atoms with Crippen LogP contribution in [0.1, 0.15) is 64.3 Å². The van der Waals surface area contributed by atoms with Gasteiger partial charge in [-0.25, -0.2) is 27.2 Å². The number of carbonyl (C=O) groups is 3. The molecule has 2 aromatic carbocycles. The topological polar surface area (TPSA) is 199 Å². The van der Waals surface area contributed by atoms with Crippen LogP contribution in [0.4, 0.5) is 14.8 Å². The summed E-state index contributed by atoms with van der Waals surface area (Å²) in [6.45, 7) is 5.27. The average molecular weight is 805 g/mol. The number of aromatic nitrogens is 4. The summed E-state index contributed by atoms with van der Waals surface area (Å²) in [6, 6.07) is 12.5. The molecule has 18 heteroatoms. The van der Waals surface area contributed by atoms with Crippen molar-refractivity contribution in [2.24, 2.45) is 11.3 Å². The molecule has 57 heavy (non-hydrogen) atoms. The first kappa shape index (κ1) is 38.4. The molecular weight excluding hydrogens is 763 g/mol. The number of carbonyl (C=O) groups excluding carboxylic acids is 3. The molecule has 0 radical (unpaired) electrons. The van der Waals surface area contributed by atoms with Crippen LogP contribution in [0.25, 0.3) is 28.4 Å². The quantitative estimate of drug-likeness (QED) is 0.251. The van der Waals surface area contributed by atoms with E-state index in [4.69, 9.17) is 19.1 Å². The number of rotatable bonds is 6. The second-order valence-electron chi connectivity index (χ2n) is 16.1. The van der Waals surface area contributed by atoms with Crippen molar-refractivity contribution in [3.8, 4) is 17.1 Å². The number of fused-ring (bicyclic) bond motifs is 9. The first-order chi connectivity index (χ1) is 27.1. The average Bonchev–Trinajstić information content (AvgIpc) is 4.06. The Labute approximate surface area is 327 Å².